The van der Waals surface area contributed by atoms with Crippen molar-refractivity contribution in [3.8, 4) is 0 Å². The van der Waals surface area contributed by atoms with Crippen LogP contribution in [0.1, 0.15) is 65.7 Å². The molecule has 2 unspecified atom stereocenters. The quantitative estimate of drug-likeness (QED) is 0.597. The summed E-state index contributed by atoms with van der Waals surface area (Å²) in [5.74, 6) is -0.734. The molecule has 0 fully saturated rings. The summed E-state index contributed by atoms with van der Waals surface area (Å²) in [6.45, 7) is 6.21. The summed E-state index contributed by atoms with van der Waals surface area (Å²) in [5, 5.41) is 8.94. The van der Waals surface area contributed by atoms with Gasteiger partial charge in [0.2, 0.25) is 0 Å². The van der Waals surface area contributed by atoms with Gasteiger partial charge in [-0.15, -0.1) is 0 Å². The Balaban J connectivity index is 4.24. The smallest absolute Gasteiger partial charge is 0.303 e. The molecule has 3 nitrogen and oxygen atoms in total. The molecule has 0 radical (unpaired) electrons. The Hall–Kier alpha value is -0.570. The molecule has 0 aromatic carbocycles. The molecule has 2 atom stereocenters. The van der Waals surface area contributed by atoms with Gasteiger partial charge in [-0.1, -0.05) is 46.5 Å². The molecule has 16 heavy (non-hydrogen) atoms. The predicted octanol–water partition coefficient (Wildman–Crippen LogP) is 3.18. The highest BCUT2D eigenvalue weighted by atomic mass is 16.4. The van der Waals surface area contributed by atoms with E-state index in [4.69, 9.17) is 10.8 Å². The highest BCUT2D eigenvalue weighted by Gasteiger charge is 2.32. The molecule has 3 N–H and O–H groups in total. The first-order valence-electron chi connectivity index (χ1n) is 6.43. The van der Waals surface area contributed by atoms with Crippen LogP contribution >= 0.6 is 0 Å². The van der Waals surface area contributed by atoms with Crippen molar-refractivity contribution in [3.05, 3.63) is 0 Å². The molecule has 0 bridgehead atoms. The van der Waals surface area contributed by atoms with Crippen molar-refractivity contribution in [3.63, 3.8) is 0 Å². The number of carboxylic acids is 1. The average molecular weight is 229 g/mol. The first-order valence-corrected chi connectivity index (χ1v) is 6.43. The van der Waals surface area contributed by atoms with Crippen LogP contribution in [0.5, 0.6) is 0 Å². The fraction of sp³-hybridized carbons (Fsp3) is 0.923. The van der Waals surface area contributed by atoms with Crippen LogP contribution in [0, 0.1) is 5.41 Å². The highest BCUT2D eigenvalue weighted by Crippen LogP contribution is 2.33. The summed E-state index contributed by atoms with van der Waals surface area (Å²) >= 11 is 0. The maximum absolute atomic E-state index is 10.9. The lowest BCUT2D eigenvalue weighted by molar-refractivity contribution is -0.140. The molecule has 0 saturated heterocycles. The van der Waals surface area contributed by atoms with E-state index >= 15 is 0 Å². The van der Waals surface area contributed by atoms with Gasteiger partial charge in [0.05, 0.1) is 6.42 Å². The van der Waals surface area contributed by atoms with Crippen molar-refractivity contribution >= 4 is 5.97 Å². The van der Waals surface area contributed by atoms with E-state index in [1.807, 2.05) is 13.8 Å². The maximum atomic E-state index is 10.9. The number of hydrogen-bond donors (Lipinski definition) is 2. The van der Waals surface area contributed by atoms with Crippen LogP contribution in [-0.2, 0) is 4.79 Å². The summed E-state index contributed by atoms with van der Waals surface area (Å²) in [6, 6.07) is -0.00905. The monoisotopic (exact) mass is 229 g/mol. The largest absolute Gasteiger partial charge is 0.481 e. The van der Waals surface area contributed by atoms with Crippen LogP contribution in [-0.4, -0.2) is 17.1 Å². The van der Waals surface area contributed by atoms with Gasteiger partial charge < -0.3 is 10.8 Å². The number of hydrogen-bond acceptors (Lipinski definition) is 2. The average Bonchev–Trinajstić information content (AvgIpc) is 2.22. The summed E-state index contributed by atoms with van der Waals surface area (Å²) in [4.78, 5) is 10.9. The van der Waals surface area contributed by atoms with Gasteiger partial charge in [-0.05, 0) is 18.3 Å². The van der Waals surface area contributed by atoms with E-state index in [9.17, 15) is 4.79 Å². The fourth-order valence-corrected chi connectivity index (χ4v) is 2.20. The lowest BCUT2D eigenvalue weighted by atomic mass is 9.74. The minimum absolute atomic E-state index is 0.00905. The van der Waals surface area contributed by atoms with Crippen molar-refractivity contribution < 1.29 is 9.90 Å². The van der Waals surface area contributed by atoms with Crippen LogP contribution in [0.25, 0.3) is 0 Å². The lowest BCUT2D eigenvalue weighted by Gasteiger charge is -2.34. The Labute approximate surface area is 99.4 Å². The van der Waals surface area contributed by atoms with E-state index < -0.39 is 5.97 Å². The number of unbranched alkanes of at least 4 members (excludes halogenated alkanes) is 3. The van der Waals surface area contributed by atoms with E-state index in [0.29, 0.717) is 0 Å². The first-order chi connectivity index (χ1) is 7.46. The fourth-order valence-electron chi connectivity index (χ4n) is 2.20. The van der Waals surface area contributed by atoms with Crippen molar-refractivity contribution in [2.45, 2.75) is 71.8 Å². The molecule has 0 aliphatic carbocycles. The predicted molar refractivity (Wildman–Crippen MR) is 67.4 cm³/mol. The van der Waals surface area contributed by atoms with E-state index in [0.717, 1.165) is 19.3 Å². The molecule has 0 heterocycles. The standard InChI is InChI=1S/C13H27NO2/c1-4-6-7-8-9-13(3,10-12(15)16)11(14)5-2/h11H,4-10,14H2,1-3H3,(H,15,16). The molecule has 0 aliphatic heterocycles. The molecule has 0 aromatic heterocycles. The summed E-state index contributed by atoms with van der Waals surface area (Å²) < 4.78 is 0. The highest BCUT2D eigenvalue weighted by molar-refractivity contribution is 5.67. The van der Waals surface area contributed by atoms with Crippen molar-refractivity contribution in [2.24, 2.45) is 11.1 Å². The molecular weight excluding hydrogens is 202 g/mol. The van der Waals surface area contributed by atoms with Gasteiger partial charge in [0.15, 0.2) is 0 Å². The molecule has 0 aromatic rings. The Morgan fingerprint density at radius 1 is 1.31 bits per heavy atom. The van der Waals surface area contributed by atoms with Crippen LogP contribution in [0.2, 0.25) is 0 Å². The summed E-state index contributed by atoms with van der Waals surface area (Å²) in [6.07, 6.45) is 6.66. The second kappa shape index (κ2) is 7.66. The summed E-state index contributed by atoms with van der Waals surface area (Å²) in [7, 11) is 0. The van der Waals surface area contributed by atoms with Gasteiger partial charge in [0.25, 0.3) is 0 Å². The number of rotatable bonds is 9. The third kappa shape index (κ3) is 5.50. The maximum Gasteiger partial charge on any atom is 0.303 e. The van der Waals surface area contributed by atoms with E-state index in [2.05, 4.69) is 6.92 Å². The molecule has 0 aliphatic rings. The number of carbonyl (C=O) groups is 1. The number of aliphatic carboxylic acids is 1. The lowest BCUT2D eigenvalue weighted by Crippen LogP contribution is -2.40. The molecule has 3 heteroatoms. The molecule has 0 spiro atoms. The molecule has 0 rings (SSSR count). The molecule has 0 saturated carbocycles. The van der Waals surface area contributed by atoms with Crippen molar-refractivity contribution in [1.82, 2.24) is 0 Å². The Morgan fingerprint density at radius 3 is 2.38 bits per heavy atom. The van der Waals surface area contributed by atoms with Crippen LogP contribution in [0.3, 0.4) is 0 Å². The molecular formula is C13H27NO2. The number of carboxylic acid groups (broad SMARTS) is 1. The van der Waals surface area contributed by atoms with Gasteiger partial charge in [-0.2, -0.15) is 0 Å². The van der Waals surface area contributed by atoms with E-state index in [1.165, 1.54) is 19.3 Å². The van der Waals surface area contributed by atoms with Crippen LogP contribution < -0.4 is 5.73 Å². The van der Waals surface area contributed by atoms with Gasteiger partial charge >= 0.3 is 5.97 Å². The zero-order valence-electron chi connectivity index (χ0n) is 11.0. The Kier molecular flexibility index (Phi) is 7.39. The first kappa shape index (κ1) is 15.4. The third-order valence-corrected chi connectivity index (χ3v) is 3.49. The number of nitrogens with two attached hydrogens (primary N) is 1. The zero-order chi connectivity index (χ0) is 12.6. The Morgan fingerprint density at radius 2 is 1.94 bits per heavy atom. The second-order valence-corrected chi connectivity index (χ2v) is 5.05. The topological polar surface area (TPSA) is 63.3 Å². The van der Waals surface area contributed by atoms with Crippen molar-refractivity contribution in [2.75, 3.05) is 0 Å². The normalized spacial score (nSPS) is 16.8. The Bertz CT molecular complexity index is 206. The second-order valence-electron chi connectivity index (χ2n) is 5.05. The third-order valence-electron chi connectivity index (χ3n) is 3.49. The SMILES string of the molecule is CCCCCCC(C)(CC(=O)O)C(N)CC. The minimum Gasteiger partial charge on any atom is -0.481 e. The van der Waals surface area contributed by atoms with Crippen LogP contribution in [0.4, 0.5) is 0 Å². The summed E-state index contributed by atoms with van der Waals surface area (Å²) in [5.41, 5.74) is 5.81. The molecule has 96 valence electrons. The van der Waals surface area contributed by atoms with Gasteiger partial charge in [-0.25, -0.2) is 0 Å². The van der Waals surface area contributed by atoms with Gasteiger partial charge in [-0.3, -0.25) is 4.79 Å². The van der Waals surface area contributed by atoms with Crippen LogP contribution in [0.15, 0.2) is 0 Å². The van der Waals surface area contributed by atoms with E-state index in [1.54, 1.807) is 0 Å². The van der Waals surface area contributed by atoms with Gasteiger partial charge in [0, 0.05) is 6.04 Å². The zero-order valence-corrected chi connectivity index (χ0v) is 11.0. The van der Waals surface area contributed by atoms with Crippen molar-refractivity contribution in [1.29, 1.82) is 0 Å². The van der Waals surface area contributed by atoms with E-state index in [-0.39, 0.29) is 17.9 Å². The molecule has 0 amide bonds. The minimum atomic E-state index is -0.734. The van der Waals surface area contributed by atoms with Gasteiger partial charge in [0.1, 0.15) is 0 Å².